The van der Waals surface area contributed by atoms with Crippen LogP contribution in [0.4, 0.5) is 0 Å². The van der Waals surface area contributed by atoms with Crippen molar-refractivity contribution in [2.24, 2.45) is 34.0 Å². The Bertz CT molecular complexity index is 1300. The van der Waals surface area contributed by atoms with Crippen LogP contribution >= 0.6 is 0 Å². The lowest BCUT2D eigenvalue weighted by Gasteiger charge is -2.56. The van der Waals surface area contributed by atoms with Gasteiger partial charge in [0, 0.05) is 39.7 Å². The molecule has 10 nitrogen and oxygen atoms in total. The van der Waals surface area contributed by atoms with Crippen molar-refractivity contribution in [3.63, 3.8) is 0 Å². The number of carbonyl (C=O) groups excluding carboxylic acids is 3. The number of cyclic esters (lactones) is 1. The molecule has 2 bridgehead atoms. The van der Waals surface area contributed by atoms with Crippen LogP contribution in [0.25, 0.3) is 0 Å². The number of carbonyl (C=O) groups is 3. The number of esters is 3. The van der Waals surface area contributed by atoms with Crippen LogP contribution in [-0.2, 0) is 28.6 Å². The summed E-state index contributed by atoms with van der Waals surface area (Å²) in [6.07, 6.45) is 2.86. The van der Waals surface area contributed by atoms with Crippen molar-refractivity contribution >= 4 is 17.9 Å². The van der Waals surface area contributed by atoms with Gasteiger partial charge in [-0.25, -0.2) is 14.4 Å². The van der Waals surface area contributed by atoms with Gasteiger partial charge in [-0.3, -0.25) is 0 Å². The molecule has 198 valence electrons. The fourth-order valence-electron chi connectivity index (χ4n) is 10.5. The van der Waals surface area contributed by atoms with E-state index in [1.165, 1.54) is 18.6 Å². The summed E-state index contributed by atoms with van der Waals surface area (Å²) in [6.45, 7) is 5.38. The van der Waals surface area contributed by atoms with Gasteiger partial charge in [-0.05, 0) is 30.9 Å². The van der Waals surface area contributed by atoms with E-state index in [0.29, 0.717) is 24.0 Å². The Labute approximate surface area is 212 Å². The van der Waals surface area contributed by atoms with Gasteiger partial charge in [0.25, 0.3) is 0 Å². The second kappa shape index (κ2) is 6.30. The van der Waals surface area contributed by atoms with Crippen molar-refractivity contribution in [1.29, 1.82) is 0 Å². The minimum absolute atomic E-state index is 0.0106. The number of aliphatic hydroxyl groups is 3. The molecule has 3 N–H and O–H groups in total. The molecule has 4 aliphatic carbocycles. The van der Waals surface area contributed by atoms with Crippen LogP contribution in [0.1, 0.15) is 51.7 Å². The molecule has 0 aromatic carbocycles. The summed E-state index contributed by atoms with van der Waals surface area (Å²) < 4.78 is 22.1. The van der Waals surface area contributed by atoms with Crippen LogP contribution in [0.5, 0.6) is 0 Å². The number of methoxy groups -OCH3 is 1. The number of hydrogen-bond acceptors (Lipinski definition) is 10. The molecule has 1 aromatic rings. The van der Waals surface area contributed by atoms with Crippen molar-refractivity contribution in [2.75, 3.05) is 7.11 Å². The fraction of sp³-hybridized carbons (Fsp3) is 0.667. The van der Waals surface area contributed by atoms with E-state index in [4.69, 9.17) is 18.6 Å². The molecule has 0 amide bonds. The average Bonchev–Trinajstić information content (AvgIpc) is 3.55. The number of ether oxygens (including phenoxy) is 3. The summed E-state index contributed by atoms with van der Waals surface area (Å²) in [6, 6.07) is 1.72. The zero-order valence-electron chi connectivity index (χ0n) is 21.0. The van der Waals surface area contributed by atoms with Gasteiger partial charge in [-0.15, -0.1) is 0 Å². The molecule has 10 heteroatoms. The Morgan fingerprint density at radius 2 is 1.95 bits per heavy atom. The lowest BCUT2D eigenvalue weighted by atomic mass is 9.51. The molecular weight excluding hydrogens is 484 g/mol. The van der Waals surface area contributed by atoms with Crippen molar-refractivity contribution in [1.82, 2.24) is 0 Å². The second-order valence-corrected chi connectivity index (χ2v) is 12.6. The van der Waals surface area contributed by atoms with Crippen LogP contribution in [0.3, 0.4) is 0 Å². The highest BCUT2D eigenvalue weighted by atomic mass is 16.6. The molecule has 7 rings (SSSR count). The van der Waals surface area contributed by atoms with E-state index in [-0.39, 0.29) is 6.42 Å². The molecule has 5 fully saturated rings. The summed E-state index contributed by atoms with van der Waals surface area (Å²) in [5.41, 5.74) is -7.58. The number of rotatable bonds is 3. The summed E-state index contributed by atoms with van der Waals surface area (Å²) in [4.78, 5) is 39.4. The first kappa shape index (κ1) is 23.4. The first-order chi connectivity index (χ1) is 17.3. The molecule has 3 heterocycles. The first-order valence-electron chi connectivity index (χ1n) is 12.7. The van der Waals surface area contributed by atoms with E-state index < -0.39 is 80.9 Å². The van der Waals surface area contributed by atoms with Gasteiger partial charge in [0.1, 0.15) is 11.7 Å². The Balaban J connectivity index is 1.50. The maximum atomic E-state index is 13.7. The zero-order chi connectivity index (χ0) is 26.6. The van der Waals surface area contributed by atoms with Crippen molar-refractivity contribution < 1.29 is 48.3 Å². The highest BCUT2D eigenvalue weighted by Gasteiger charge is 2.99. The van der Waals surface area contributed by atoms with Gasteiger partial charge in [0.05, 0.1) is 31.2 Å². The summed E-state index contributed by atoms with van der Waals surface area (Å²) in [5.74, 6) is -5.10. The Kier molecular flexibility index (Phi) is 3.99. The summed E-state index contributed by atoms with van der Waals surface area (Å²) in [7, 11) is 1.16. The third-order valence-electron chi connectivity index (χ3n) is 11.6. The average molecular weight is 515 g/mol. The fourth-order valence-corrected chi connectivity index (χ4v) is 10.5. The highest BCUT2D eigenvalue weighted by Crippen LogP contribution is 2.89. The monoisotopic (exact) mass is 514 g/mol. The minimum atomic E-state index is -2.19. The Morgan fingerprint density at radius 1 is 1.22 bits per heavy atom. The lowest BCUT2D eigenvalue weighted by molar-refractivity contribution is -0.219. The standard InChI is InChI=1S/C27H30O10/c1-22-7-5-13-24(3)17(16(29)19(30)34-4)23(2)11-25(24,32)20-26(13,37-21(31)27(20,23)33)14(22)9-15(28)36-18(22)12-6-8-35-10-12/h6,8-10,13,16-18,20,29,32-33H,5,7,11H2,1-4H3/t13-,16+,17?,18+,20+,22-,23-,24-,25?,26+,27-/m1/s1. The van der Waals surface area contributed by atoms with Crippen LogP contribution < -0.4 is 0 Å². The molecule has 0 radical (unpaired) electrons. The molecule has 37 heavy (non-hydrogen) atoms. The maximum Gasteiger partial charge on any atom is 0.340 e. The van der Waals surface area contributed by atoms with Crippen molar-refractivity contribution in [3.05, 3.63) is 35.8 Å². The van der Waals surface area contributed by atoms with Crippen molar-refractivity contribution in [2.45, 2.75) is 69.0 Å². The largest absolute Gasteiger partial charge is 0.472 e. The van der Waals surface area contributed by atoms with Crippen LogP contribution in [0, 0.1) is 34.0 Å². The number of fused-ring (bicyclic) bond motifs is 4. The number of aliphatic hydroxyl groups excluding tert-OH is 1. The zero-order valence-corrected chi connectivity index (χ0v) is 21.0. The molecule has 11 atom stereocenters. The number of hydrogen-bond donors (Lipinski definition) is 3. The third-order valence-corrected chi connectivity index (χ3v) is 11.6. The molecule has 1 aromatic heterocycles. The Morgan fingerprint density at radius 3 is 2.59 bits per heavy atom. The molecule has 2 unspecified atom stereocenters. The van der Waals surface area contributed by atoms with Gasteiger partial charge in [0.15, 0.2) is 11.7 Å². The molecule has 1 spiro atoms. The SMILES string of the molecule is COC(=O)[C@@H](O)C1[C@@]2(C)[C@H]3CC[C@]4(C)C(=CC(=O)O[C@H]4c4ccoc4)[C@@]34OC(=O)[C@]3(O)[C@H]4C2(O)C[C@]13C. The lowest BCUT2D eigenvalue weighted by Crippen LogP contribution is -2.65. The van der Waals surface area contributed by atoms with E-state index in [2.05, 4.69) is 0 Å². The molecule has 6 aliphatic rings. The van der Waals surface area contributed by atoms with Gasteiger partial charge in [0.2, 0.25) is 0 Å². The van der Waals surface area contributed by atoms with Gasteiger partial charge in [-0.1, -0.05) is 20.8 Å². The maximum absolute atomic E-state index is 13.7. The highest BCUT2D eigenvalue weighted by molar-refractivity contribution is 5.91. The van der Waals surface area contributed by atoms with E-state index in [1.54, 1.807) is 13.0 Å². The predicted molar refractivity (Wildman–Crippen MR) is 121 cm³/mol. The molecule has 1 saturated heterocycles. The van der Waals surface area contributed by atoms with Crippen molar-refractivity contribution in [3.8, 4) is 0 Å². The first-order valence-corrected chi connectivity index (χ1v) is 12.7. The van der Waals surface area contributed by atoms with E-state index in [9.17, 15) is 29.7 Å². The van der Waals surface area contributed by atoms with E-state index in [0.717, 1.165) is 7.11 Å². The van der Waals surface area contributed by atoms with Crippen LogP contribution in [-0.4, -0.2) is 63.2 Å². The van der Waals surface area contributed by atoms with Gasteiger partial charge >= 0.3 is 17.9 Å². The second-order valence-electron chi connectivity index (χ2n) is 12.6. The third kappa shape index (κ3) is 2.01. The Hall–Kier alpha value is -2.69. The van der Waals surface area contributed by atoms with Gasteiger partial charge < -0.3 is 33.9 Å². The molecular formula is C27H30O10. The minimum Gasteiger partial charge on any atom is -0.472 e. The quantitative estimate of drug-likeness (QED) is 0.396. The summed E-state index contributed by atoms with van der Waals surface area (Å²) in [5, 5.41) is 36.0. The topological polar surface area (TPSA) is 153 Å². The van der Waals surface area contributed by atoms with Crippen LogP contribution in [0.15, 0.2) is 34.7 Å². The summed E-state index contributed by atoms with van der Waals surface area (Å²) >= 11 is 0. The predicted octanol–water partition coefficient (Wildman–Crippen LogP) is 1.19. The van der Waals surface area contributed by atoms with Crippen LogP contribution in [0.2, 0.25) is 0 Å². The number of furan rings is 1. The van der Waals surface area contributed by atoms with E-state index in [1.807, 2.05) is 13.8 Å². The smallest absolute Gasteiger partial charge is 0.340 e. The van der Waals surface area contributed by atoms with E-state index >= 15 is 0 Å². The molecule has 2 aliphatic heterocycles. The van der Waals surface area contributed by atoms with Gasteiger partial charge in [-0.2, -0.15) is 0 Å². The molecule has 4 saturated carbocycles. The normalized spacial score (nSPS) is 53.2.